The van der Waals surface area contributed by atoms with Gasteiger partial charge in [0.25, 0.3) is 0 Å². The lowest BCUT2D eigenvalue weighted by Gasteiger charge is -2.19. The van der Waals surface area contributed by atoms with E-state index in [4.69, 9.17) is 14.5 Å². The fraction of sp³-hybridized carbons (Fsp3) is 0.318. The minimum absolute atomic E-state index is 0.373. The van der Waals surface area contributed by atoms with Crippen LogP contribution in [-0.2, 0) is 16.0 Å². The third-order valence-electron chi connectivity index (χ3n) is 3.86. The Hall–Kier alpha value is -2.93. The number of nitrogens with zero attached hydrogens (tertiary/aromatic N) is 2. The molecule has 3 aromatic rings. The van der Waals surface area contributed by atoms with Crippen LogP contribution in [0, 0.1) is 0 Å². The highest BCUT2D eigenvalue weighted by Gasteiger charge is 2.16. The zero-order valence-corrected chi connectivity index (χ0v) is 17.9. The maximum Gasteiger partial charge on any atom is 0.407 e. The number of hydrogen-bond donors (Lipinski definition) is 1. The summed E-state index contributed by atoms with van der Waals surface area (Å²) in [6, 6.07) is 9.97. The van der Waals surface area contributed by atoms with Crippen LogP contribution in [0.4, 0.5) is 4.79 Å². The second-order valence-corrected chi connectivity index (χ2v) is 8.28. The van der Waals surface area contributed by atoms with Crippen molar-refractivity contribution in [3.63, 3.8) is 0 Å². The Morgan fingerprint density at radius 3 is 2.83 bits per heavy atom. The number of hydrogen-bond acceptors (Lipinski definition) is 6. The first-order chi connectivity index (χ1) is 13.9. The standard InChI is InChI=1S/C22H25N3O3S/c1-5-27-11-9-18-24-19(17-10-12-29-20(17)25-18)16-8-6-7-15(13-16)14-23-21(26)28-22(2,3)4/h6-13H,5,14H2,1-4H3,(H,23,26). The van der Waals surface area contributed by atoms with E-state index in [0.29, 0.717) is 19.0 Å². The minimum Gasteiger partial charge on any atom is -0.501 e. The summed E-state index contributed by atoms with van der Waals surface area (Å²) in [7, 11) is 0. The van der Waals surface area contributed by atoms with Crippen LogP contribution in [0.15, 0.2) is 42.0 Å². The number of benzene rings is 1. The molecule has 7 heteroatoms. The third kappa shape index (κ3) is 5.77. The van der Waals surface area contributed by atoms with Crippen molar-refractivity contribution in [2.24, 2.45) is 0 Å². The van der Waals surface area contributed by atoms with E-state index in [1.54, 1.807) is 23.7 Å². The summed E-state index contributed by atoms with van der Waals surface area (Å²) in [4.78, 5) is 22.1. The lowest BCUT2D eigenvalue weighted by atomic mass is 10.1. The summed E-state index contributed by atoms with van der Waals surface area (Å²) in [5, 5.41) is 5.80. The zero-order chi connectivity index (χ0) is 20.9. The predicted molar refractivity (Wildman–Crippen MR) is 117 cm³/mol. The molecule has 1 amide bonds. The molecule has 0 fully saturated rings. The van der Waals surface area contributed by atoms with Gasteiger partial charge in [-0.05, 0) is 50.8 Å². The zero-order valence-electron chi connectivity index (χ0n) is 17.1. The van der Waals surface area contributed by atoms with E-state index in [1.165, 1.54) is 0 Å². The van der Waals surface area contributed by atoms with Crippen molar-refractivity contribution in [3.05, 3.63) is 53.4 Å². The van der Waals surface area contributed by atoms with E-state index >= 15 is 0 Å². The summed E-state index contributed by atoms with van der Waals surface area (Å²) < 4.78 is 10.6. The number of rotatable bonds is 6. The van der Waals surface area contributed by atoms with Gasteiger partial charge in [0, 0.05) is 23.6 Å². The van der Waals surface area contributed by atoms with Crippen molar-refractivity contribution in [1.29, 1.82) is 0 Å². The van der Waals surface area contributed by atoms with E-state index < -0.39 is 11.7 Å². The second-order valence-electron chi connectivity index (χ2n) is 7.38. The molecule has 3 rings (SSSR count). The van der Waals surface area contributed by atoms with Gasteiger partial charge in [0.15, 0.2) is 5.82 Å². The molecule has 0 saturated heterocycles. The van der Waals surface area contributed by atoms with Gasteiger partial charge in [-0.2, -0.15) is 0 Å². The van der Waals surface area contributed by atoms with Crippen molar-refractivity contribution >= 4 is 33.7 Å². The highest BCUT2D eigenvalue weighted by Crippen LogP contribution is 2.30. The Labute approximate surface area is 174 Å². The first-order valence-corrected chi connectivity index (χ1v) is 10.3. The molecule has 152 valence electrons. The molecular weight excluding hydrogens is 386 g/mol. The summed E-state index contributed by atoms with van der Waals surface area (Å²) in [5.41, 5.74) is 2.25. The van der Waals surface area contributed by atoms with Gasteiger partial charge in [0.2, 0.25) is 0 Å². The first-order valence-electron chi connectivity index (χ1n) is 9.45. The van der Waals surface area contributed by atoms with Crippen LogP contribution < -0.4 is 5.32 Å². The SMILES string of the molecule is CCOC=Cc1nc(-c2cccc(CNC(=O)OC(C)(C)C)c2)c2ccsc2n1. The molecule has 0 bridgehead atoms. The van der Waals surface area contributed by atoms with Crippen LogP contribution in [-0.4, -0.2) is 28.3 Å². The number of ether oxygens (including phenoxy) is 2. The lowest BCUT2D eigenvalue weighted by molar-refractivity contribution is 0.0523. The number of carbonyl (C=O) groups excluding carboxylic acids is 1. The average Bonchev–Trinajstić information content (AvgIpc) is 3.13. The molecular formula is C22H25N3O3S. The van der Waals surface area contributed by atoms with Gasteiger partial charge in [0.05, 0.1) is 18.6 Å². The first kappa shape index (κ1) is 20.8. The maximum absolute atomic E-state index is 11.9. The van der Waals surface area contributed by atoms with Crippen molar-refractivity contribution < 1.29 is 14.3 Å². The molecule has 1 aromatic carbocycles. The van der Waals surface area contributed by atoms with Gasteiger partial charge in [-0.1, -0.05) is 18.2 Å². The van der Waals surface area contributed by atoms with Gasteiger partial charge >= 0.3 is 6.09 Å². The number of alkyl carbamates (subject to hydrolysis) is 1. The molecule has 0 spiro atoms. The molecule has 2 aromatic heterocycles. The molecule has 0 aliphatic rings. The number of carbonyl (C=O) groups is 1. The molecule has 2 heterocycles. The average molecular weight is 412 g/mol. The van der Waals surface area contributed by atoms with Crippen LogP contribution in [0.25, 0.3) is 27.6 Å². The van der Waals surface area contributed by atoms with E-state index in [0.717, 1.165) is 27.0 Å². The molecule has 0 saturated carbocycles. The van der Waals surface area contributed by atoms with Crippen molar-refractivity contribution in [1.82, 2.24) is 15.3 Å². The molecule has 29 heavy (non-hydrogen) atoms. The highest BCUT2D eigenvalue weighted by molar-refractivity contribution is 7.16. The second kappa shape index (κ2) is 9.05. The molecule has 0 aliphatic carbocycles. The third-order valence-corrected chi connectivity index (χ3v) is 4.67. The van der Waals surface area contributed by atoms with E-state index in [1.807, 2.05) is 63.4 Å². The Balaban J connectivity index is 1.85. The summed E-state index contributed by atoms with van der Waals surface area (Å²) in [5.74, 6) is 0.598. The normalized spacial score (nSPS) is 11.7. The van der Waals surface area contributed by atoms with E-state index in [2.05, 4.69) is 10.3 Å². The number of aromatic nitrogens is 2. The van der Waals surface area contributed by atoms with Crippen LogP contribution in [0.2, 0.25) is 0 Å². The quantitative estimate of drug-likeness (QED) is 0.551. The van der Waals surface area contributed by atoms with Crippen molar-refractivity contribution in [3.8, 4) is 11.3 Å². The fourth-order valence-corrected chi connectivity index (χ4v) is 3.46. The summed E-state index contributed by atoms with van der Waals surface area (Å²) in [6.45, 7) is 8.41. The van der Waals surface area contributed by atoms with E-state index in [-0.39, 0.29) is 0 Å². The Morgan fingerprint density at radius 2 is 2.07 bits per heavy atom. The molecule has 0 atom stereocenters. The van der Waals surface area contributed by atoms with Crippen LogP contribution in [0.1, 0.15) is 39.1 Å². The monoisotopic (exact) mass is 411 g/mol. The topological polar surface area (TPSA) is 73.3 Å². The van der Waals surface area contributed by atoms with Crippen LogP contribution in [0.5, 0.6) is 0 Å². The van der Waals surface area contributed by atoms with Gasteiger partial charge in [-0.15, -0.1) is 11.3 Å². The van der Waals surface area contributed by atoms with Crippen molar-refractivity contribution in [2.75, 3.05) is 6.61 Å². The fourth-order valence-electron chi connectivity index (χ4n) is 2.69. The number of fused-ring (bicyclic) bond motifs is 1. The lowest BCUT2D eigenvalue weighted by Crippen LogP contribution is -2.32. The molecule has 0 aliphatic heterocycles. The van der Waals surface area contributed by atoms with E-state index in [9.17, 15) is 4.79 Å². The summed E-state index contributed by atoms with van der Waals surface area (Å²) >= 11 is 1.57. The van der Waals surface area contributed by atoms with Crippen LogP contribution >= 0.6 is 11.3 Å². The number of thiophene rings is 1. The largest absolute Gasteiger partial charge is 0.501 e. The maximum atomic E-state index is 11.9. The molecule has 6 nitrogen and oxygen atoms in total. The molecule has 1 N–H and O–H groups in total. The van der Waals surface area contributed by atoms with Crippen LogP contribution in [0.3, 0.4) is 0 Å². The smallest absolute Gasteiger partial charge is 0.407 e. The highest BCUT2D eigenvalue weighted by atomic mass is 32.1. The molecule has 0 radical (unpaired) electrons. The Morgan fingerprint density at radius 1 is 1.24 bits per heavy atom. The van der Waals surface area contributed by atoms with Gasteiger partial charge in [-0.25, -0.2) is 14.8 Å². The number of nitrogens with one attached hydrogen (secondary N) is 1. The number of amides is 1. The Bertz CT molecular complexity index is 1020. The summed E-state index contributed by atoms with van der Waals surface area (Å²) in [6.07, 6.45) is 2.94. The van der Waals surface area contributed by atoms with Gasteiger partial charge in [0.1, 0.15) is 10.4 Å². The Kier molecular flexibility index (Phi) is 6.49. The predicted octanol–water partition coefficient (Wildman–Crippen LogP) is 5.39. The van der Waals surface area contributed by atoms with Gasteiger partial charge < -0.3 is 14.8 Å². The minimum atomic E-state index is -0.525. The van der Waals surface area contributed by atoms with Crippen molar-refractivity contribution in [2.45, 2.75) is 39.8 Å². The molecule has 0 unspecified atom stereocenters. The van der Waals surface area contributed by atoms with Gasteiger partial charge in [-0.3, -0.25) is 0 Å².